The molecule has 8 nitrogen and oxygen atoms in total. The zero-order valence-corrected chi connectivity index (χ0v) is 18.0. The molecule has 0 fully saturated rings. The molecule has 12 heteroatoms. The van der Waals surface area contributed by atoms with Gasteiger partial charge in [0, 0.05) is 5.56 Å². The Balaban J connectivity index is 1.88. The van der Waals surface area contributed by atoms with Crippen molar-refractivity contribution < 1.29 is 32.3 Å². The number of carbonyl (C=O) groups is 1. The molecule has 2 aromatic carbocycles. The van der Waals surface area contributed by atoms with Gasteiger partial charge in [0.1, 0.15) is 17.5 Å². The van der Waals surface area contributed by atoms with Crippen molar-refractivity contribution >= 4 is 23.4 Å². The lowest BCUT2D eigenvalue weighted by Gasteiger charge is -2.38. The summed E-state index contributed by atoms with van der Waals surface area (Å²) in [6.45, 7) is 1.57. The highest BCUT2D eigenvalue weighted by atomic mass is 35.5. The summed E-state index contributed by atoms with van der Waals surface area (Å²) >= 11 is 5.81. The Hall–Kier alpha value is -2.99. The lowest BCUT2D eigenvalue weighted by atomic mass is 9.89. The molecule has 3 rings (SSSR count). The van der Waals surface area contributed by atoms with Crippen molar-refractivity contribution in [1.82, 2.24) is 15.4 Å². The highest BCUT2D eigenvalue weighted by Crippen LogP contribution is 2.36. The van der Waals surface area contributed by atoms with Gasteiger partial charge in [0.25, 0.3) is 17.7 Å². The molecule has 2 atom stereocenters. The van der Waals surface area contributed by atoms with Crippen molar-refractivity contribution in [2.75, 3.05) is 14.1 Å². The molecule has 0 saturated carbocycles. The summed E-state index contributed by atoms with van der Waals surface area (Å²) in [5.74, 6) is -0.878. The van der Waals surface area contributed by atoms with Crippen LogP contribution in [0.5, 0.6) is 5.75 Å². The maximum absolute atomic E-state index is 13.2. The molecule has 32 heavy (non-hydrogen) atoms. The Kier molecular flexibility index (Phi) is 6.04. The molecular weight excluding hydrogens is 453 g/mol. The van der Waals surface area contributed by atoms with Gasteiger partial charge in [0.2, 0.25) is 5.76 Å². The first-order valence-electron chi connectivity index (χ1n) is 9.21. The Morgan fingerprint density at radius 2 is 1.81 bits per heavy atom. The van der Waals surface area contributed by atoms with Gasteiger partial charge in [-0.2, -0.15) is 13.2 Å². The van der Waals surface area contributed by atoms with Crippen LogP contribution >= 0.6 is 11.8 Å². The van der Waals surface area contributed by atoms with Crippen LogP contribution in [0.2, 0.25) is 0 Å². The summed E-state index contributed by atoms with van der Waals surface area (Å²) in [5.41, 5.74) is 0.746. The number of quaternary nitrogens is 1. The molecule has 0 spiro atoms. The number of phenols is 1. The van der Waals surface area contributed by atoms with Gasteiger partial charge in [0.05, 0.1) is 10.0 Å². The minimum atomic E-state index is -4.52. The highest BCUT2D eigenvalue weighted by molar-refractivity contribution is 6.06. The Bertz CT molecular complexity index is 1040. The average Bonchev–Trinajstić information content (AvgIpc) is 3.00. The Morgan fingerprint density at radius 3 is 2.34 bits per heavy atom. The SMILES string of the molecule is CN(C)C(C)(C(=O)NN1C=C(c2ccc(C(F)(F)F)cc2)O[N+]1([O-])Cl)c1cccc(O)c1. The molecule has 2 aromatic rings. The maximum atomic E-state index is 13.2. The number of halogens is 4. The Labute approximate surface area is 186 Å². The number of likely N-dealkylation sites (N-methyl/N-ethyl adjacent to an activating group) is 1. The van der Waals surface area contributed by atoms with Crippen LogP contribution in [0.1, 0.15) is 23.6 Å². The predicted molar refractivity (Wildman–Crippen MR) is 109 cm³/mol. The van der Waals surface area contributed by atoms with Crippen LogP contribution in [0, 0.1) is 5.21 Å². The minimum Gasteiger partial charge on any atom is -0.542 e. The number of hydrazine groups is 1. The number of nitrogens with zero attached hydrogens (tertiary/aromatic N) is 3. The number of amides is 1. The second-order valence-corrected chi connectivity index (χ2v) is 7.84. The van der Waals surface area contributed by atoms with Gasteiger partial charge in [-0.3, -0.25) is 14.5 Å². The summed E-state index contributed by atoms with van der Waals surface area (Å²) in [6, 6.07) is 9.95. The van der Waals surface area contributed by atoms with E-state index in [1.807, 2.05) is 0 Å². The third-order valence-corrected chi connectivity index (χ3v) is 5.40. The van der Waals surface area contributed by atoms with Crippen LogP contribution in [0.25, 0.3) is 5.76 Å². The molecule has 2 unspecified atom stereocenters. The average molecular weight is 473 g/mol. The Morgan fingerprint density at radius 1 is 1.19 bits per heavy atom. The molecular formula is C20H20ClF3N4O4. The molecule has 0 radical (unpaired) electrons. The molecule has 2 N–H and O–H groups in total. The zero-order chi connectivity index (χ0) is 23.9. The number of nitrogens with one attached hydrogen (secondary N) is 1. The standard InChI is InChI=1S/C20H20ClF3N4O4/c1-19(26(2)3,15-5-4-6-16(29)11-15)18(30)25-27-12-17(32-28(27,21)31)13-7-9-14(10-8-13)20(22,23)24/h4-12,29H,1-3H3,(H,25,30). The van der Waals surface area contributed by atoms with Gasteiger partial charge in [-0.1, -0.05) is 29.4 Å². The van der Waals surface area contributed by atoms with Crippen molar-refractivity contribution in [2.45, 2.75) is 18.6 Å². The fraction of sp³-hybridized carbons (Fsp3) is 0.250. The molecule has 172 valence electrons. The third kappa shape index (κ3) is 4.46. The fourth-order valence-electron chi connectivity index (χ4n) is 3.03. The van der Waals surface area contributed by atoms with Gasteiger partial charge in [-0.05, 0) is 50.8 Å². The first kappa shape index (κ1) is 23.7. The van der Waals surface area contributed by atoms with E-state index in [1.54, 1.807) is 38.1 Å². The van der Waals surface area contributed by atoms with Gasteiger partial charge in [-0.15, -0.1) is 0 Å². The van der Waals surface area contributed by atoms with Crippen LogP contribution < -0.4 is 5.43 Å². The second kappa shape index (κ2) is 8.17. The first-order valence-corrected chi connectivity index (χ1v) is 9.55. The summed E-state index contributed by atoms with van der Waals surface area (Å²) in [5, 5.41) is 23.0. The van der Waals surface area contributed by atoms with Gasteiger partial charge >= 0.3 is 6.18 Å². The van der Waals surface area contributed by atoms with Gasteiger partial charge in [-0.25, -0.2) is 5.43 Å². The van der Waals surface area contributed by atoms with E-state index in [-0.39, 0.29) is 17.1 Å². The lowest BCUT2D eigenvalue weighted by Crippen LogP contribution is -2.59. The topological polar surface area (TPSA) is 88.1 Å². The van der Waals surface area contributed by atoms with E-state index < -0.39 is 27.6 Å². The number of phenolic OH excluding ortho intramolecular Hbond substituents is 1. The monoisotopic (exact) mass is 472 g/mol. The van der Waals surface area contributed by atoms with Crippen molar-refractivity contribution in [1.29, 1.82) is 0 Å². The second-order valence-electron chi connectivity index (χ2n) is 7.41. The molecule has 1 aliphatic rings. The number of hydrogen-bond acceptors (Lipinski definition) is 6. The number of rotatable bonds is 5. The molecule has 1 heterocycles. The van der Waals surface area contributed by atoms with E-state index in [1.165, 1.54) is 12.1 Å². The largest absolute Gasteiger partial charge is 0.542 e. The fourth-order valence-corrected chi connectivity index (χ4v) is 3.18. The molecule has 0 saturated heterocycles. The van der Waals surface area contributed by atoms with Gasteiger partial charge in [0.15, 0.2) is 0 Å². The number of carbonyl (C=O) groups excluding carboxylic acids is 1. The highest BCUT2D eigenvalue weighted by Gasteiger charge is 2.44. The van der Waals surface area contributed by atoms with Crippen molar-refractivity contribution in [3.8, 4) is 5.75 Å². The lowest BCUT2D eigenvalue weighted by molar-refractivity contribution is -1.04. The molecule has 0 aromatic heterocycles. The number of alkyl halides is 3. The summed E-state index contributed by atoms with van der Waals surface area (Å²) in [7, 11) is 3.27. The quantitative estimate of drug-likeness (QED) is 0.507. The number of aromatic hydroxyl groups is 1. The van der Waals surface area contributed by atoms with E-state index in [2.05, 4.69) is 5.43 Å². The van der Waals surface area contributed by atoms with E-state index in [9.17, 15) is 28.3 Å². The van der Waals surface area contributed by atoms with E-state index >= 15 is 0 Å². The predicted octanol–water partition coefficient (Wildman–Crippen LogP) is 3.85. The zero-order valence-electron chi connectivity index (χ0n) is 17.2. The molecule has 0 aliphatic carbocycles. The van der Waals surface area contributed by atoms with Crippen molar-refractivity contribution in [3.63, 3.8) is 0 Å². The smallest absolute Gasteiger partial charge is 0.416 e. The van der Waals surface area contributed by atoms with E-state index in [0.717, 1.165) is 30.5 Å². The van der Waals surface area contributed by atoms with Crippen LogP contribution in [0.15, 0.2) is 54.7 Å². The van der Waals surface area contributed by atoms with Gasteiger partial charge < -0.3 is 10.3 Å². The van der Waals surface area contributed by atoms with Crippen LogP contribution in [0.3, 0.4) is 0 Å². The summed E-state index contributed by atoms with van der Waals surface area (Å²) in [4.78, 5) is 19.8. The molecule has 0 bridgehead atoms. The van der Waals surface area contributed by atoms with Crippen molar-refractivity contribution in [2.24, 2.45) is 0 Å². The van der Waals surface area contributed by atoms with E-state index in [4.69, 9.17) is 16.6 Å². The summed E-state index contributed by atoms with van der Waals surface area (Å²) in [6.07, 6.45) is -3.45. The number of hydrogen-bond donors (Lipinski definition) is 2. The molecule has 1 aliphatic heterocycles. The first-order chi connectivity index (χ1) is 14.7. The van der Waals surface area contributed by atoms with Crippen LogP contribution in [-0.2, 0) is 21.3 Å². The van der Waals surface area contributed by atoms with Crippen molar-refractivity contribution in [3.05, 3.63) is 76.6 Å². The normalized spacial score (nSPS) is 20.5. The minimum absolute atomic E-state index is 0.0522. The summed E-state index contributed by atoms with van der Waals surface area (Å²) < 4.78 is 36.3. The third-order valence-electron chi connectivity index (χ3n) is 5.17. The van der Waals surface area contributed by atoms with Crippen LogP contribution in [-0.4, -0.2) is 39.6 Å². The maximum Gasteiger partial charge on any atom is 0.416 e. The molecule has 1 amide bonds. The van der Waals surface area contributed by atoms with Crippen LogP contribution in [0.4, 0.5) is 13.2 Å². The number of benzene rings is 2. The van der Waals surface area contributed by atoms with E-state index in [0.29, 0.717) is 10.7 Å².